The Morgan fingerprint density at radius 1 is 1.56 bits per heavy atom. The smallest absolute Gasteiger partial charge is 0.323 e. The molecule has 1 rings (SSSR count). The van der Waals surface area contributed by atoms with E-state index in [4.69, 9.17) is 5.11 Å². The molecule has 0 fully saturated rings. The summed E-state index contributed by atoms with van der Waals surface area (Å²) >= 11 is 3.28. The first kappa shape index (κ1) is 13.1. The molecule has 0 radical (unpaired) electrons. The van der Waals surface area contributed by atoms with Gasteiger partial charge in [-0.1, -0.05) is 15.9 Å². The number of hydrogen-bond acceptors (Lipinski definition) is 2. The number of aliphatic carboxylic acids is 1. The molecule has 1 aromatic rings. The Morgan fingerprint density at radius 3 is 2.75 bits per heavy atom. The second-order valence-corrected chi connectivity index (χ2v) is 4.87. The number of carboxylic acid groups (broad SMARTS) is 1. The van der Waals surface area contributed by atoms with Gasteiger partial charge in [0.1, 0.15) is 11.4 Å². The second kappa shape index (κ2) is 4.93. The van der Waals surface area contributed by atoms with Crippen molar-refractivity contribution in [3.05, 3.63) is 34.1 Å². The predicted molar refractivity (Wildman–Crippen MR) is 62.7 cm³/mol. The van der Waals surface area contributed by atoms with Crippen LogP contribution in [-0.4, -0.2) is 16.6 Å². The van der Waals surface area contributed by atoms with Crippen LogP contribution in [0.1, 0.15) is 19.4 Å². The Balaban J connectivity index is 2.75. The topological polar surface area (TPSA) is 49.3 Å². The Hall–Kier alpha value is -0.940. The maximum atomic E-state index is 13.0. The summed E-state index contributed by atoms with van der Waals surface area (Å²) in [6.07, 6.45) is 0. The first-order chi connectivity index (χ1) is 7.33. The van der Waals surface area contributed by atoms with E-state index in [0.29, 0.717) is 5.56 Å². The third-order valence-corrected chi connectivity index (χ3v) is 3.04. The zero-order valence-corrected chi connectivity index (χ0v) is 10.6. The fourth-order valence-electron chi connectivity index (χ4n) is 1.07. The van der Waals surface area contributed by atoms with Gasteiger partial charge >= 0.3 is 5.97 Å². The molecule has 0 bridgehead atoms. The van der Waals surface area contributed by atoms with Crippen molar-refractivity contribution in [2.45, 2.75) is 25.9 Å². The van der Waals surface area contributed by atoms with Gasteiger partial charge in [0.2, 0.25) is 0 Å². The van der Waals surface area contributed by atoms with E-state index in [1.165, 1.54) is 12.1 Å². The van der Waals surface area contributed by atoms with Gasteiger partial charge in [-0.05, 0) is 37.6 Å². The lowest BCUT2D eigenvalue weighted by Gasteiger charge is -2.21. The lowest BCUT2D eigenvalue weighted by molar-refractivity contribution is -0.143. The molecule has 88 valence electrons. The van der Waals surface area contributed by atoms with Crippen LogP contribution in [0.25, 0.3) is 0 Å². The van der Waals surface area contributed by atoms with Gasteiger partial charge in [-0.25, -0.2) is 4.39 Å². The first-order valence-electron chi connectivity index (χ1n) is 4.75. The zero-order chi connectivity index (χ0) is 12.3. The van der Waals surface area contributed by atoms with Gasteiger partial charge in [0.25, 0.3) is 0 Å². The van der Waals surface area contributed by atoms with Crippen molar-refractivity contribution < 1.29 is 14.3 Å². The van der Waals surface area contributed by atoms with Gasteiger partial charge in [0.05, 0.1) is 0 Å². The summed E-state index contributed by atoms with van der Waals surface area (Å²) in [4.78, 5) is 10.8. The standard InChI is InChI=1S/C11H13BrFNO2/c1-11(2,10(15)16)14-6-7-5-8(13)3-4-9(7)12/h3-5,14H,6H2,1-2H3,(H,15,16). The Bertz CT molecular complexity index is 407. The summed E-state index contributed by atoms with van der Waals surface area (Å²) in [5.74, 6) is -1.28. The minimum absolute atomic E-state index is 0.289. The molecule has 0 aromatic heterocycles. The van der Waals surface area contributed by atoms with Crippen molar-refractivity contribution in [1.29, 1.82) is 0 Å². The highest BCUT2D eigenvalue weighted by Crippen LogP contribution is 2.18. The summed E-state index contributed by atoms with van der Waals surface area (Å²) in [6, 6.07) is 4.31. The molecule has 0 aliphatic heterocycles. The molecule has 5 heteroatoms. The number of halogens is 2. The van der Waals surface area contributed by atoms with E-state index in [0.717, 1.165) is 4.47 Å². The van der Waals surface area contributed by atoms with E-state index in [1.807, 2.05) is 0 Å². The quantitative estimate of drug-likeness (QED) is 0.896. The van der Waals surface area contributed by atoms with Gasteiger partial charge < -0.3 is 5.11 Å². The molecule has 0 atom stereocenters. The van der Waals surface area contributed by atoms with E-state index in [2.05, 4.69) is 21.2 Å². The van der Waals surface area contributed by atoms with Crippen LogP contribution in [0.4, 0.5) is 4.39 Å². The number of hydrogen-bond donors (Lipinski definition) is 2. The third-order valence-electron chi connectivity index (χ3n) is 2.26. The van der Waals surface area contributed by atoms with Crippen LogP contribution in [0.15, 0.2) is 22.7 Å². The van der Waals surface area contributed by atoms with Crippen LogP contribution in [-0.2, 0) is 11.3 Å². The van der Waals surface area contributed by atoms with E-state index < -0.39 is 11.5 Å². The van der Waals surface area contributed by atoms with Crippen molar-refractivity contribution >= 4 is 21.9 Å². The molecule has 0 unspecified atom stereocenters. The normalized spacial score (nSPS) is 11.5. The lowest BCUT2D eigenvalue weighted by atomic mass is 10.1. The first-order valence-corrected chi connectivity index (χ1v) is 5.54. The average Bonchev–Trinajstić information content (AvgIpc) is 2.19. The highest BCUT2D eigenvalue weighted by molar-refractivity contribution is 9.10. The fraction of sp³-hybridized carbons (Fsp3) is 0.364. The minimum Gasteiger partial charge on any atom is -0.480 e. The summed E-state index contributed by atoms with van der Waals surface area (Å²) in [5, 5.41) is 11.7. The summed E-state index contributed by atoms with van der Waals surface area (Å²) in [5.41, 5.74) is -0.347. The van der Waals surface area contributed by atoms with Crippen molar-refractivity contribution in [2.75, 3.05) is 0 Å². The van der Waals surface area contributed by atoms with Gasteiger partial charge in [-0.2, -0.15) is 0 Å². The van der Waals surface area contributed by atoms with Crippen molar-refractivity contribution in [1.82, 2.24) is 5.32 Å². The van der Waals surface area contributed by atoms with Gasteiger partial charge in [0.15, 0.2) is 0 Å². The molecule has 2 N–H and O–H groups in total. The molecule has 0 heterocycles. The summed E-state index contributed by atoms with van der Waals surface area (Å²) in [6.45, 7) is 3.41. The largest absolute Gasteiger partial charge is 0.480 e. The van der Waals surface area contributed by atoms with E-state index in [-0.39, 0.29) is 12.4 Å². The molecule has 1 aromatic carbocycles. The summed E-state index contributed by atoms with van der Waals surface area (Å²) < 4.78 is 13.7. The van der Waals surface area contributed by atoms with Crippen molar-refractivity contribution in [2.24, 2.45) is 0 Å². The Morgan fingerprint density at radius 2 is 2.19 bits per heavy atom. The van der Waals surface area contributed by atoms with Crippen LogP contribution in [0.3, 0.4) is 0 Å². The average molecular weight is 290 g/mol. The molecule has 0 saturated heterocycles. The summed E-state index contributed by atoms with van der Waals surface area (Å²) in [7, 11) is 0. The highest BCUT2D eigenvalue weighted by atomic mass is 79.9. The third kappa shape index (κ3) is 3.28. The second-order valence-electron chi connectivity index (χ2n) is 4.02. The van der Waals surface area contributed by atoms with E-state index >= 15 is 0 Å². The minimum atomic E-state index is -1.04. The molecule has 0 aliphatic rings. The molecule has 16 heavy (non-hydrogen) atoms. The Labute approximate surface area is 102 Å². The van der Waals surface area contributed by atoms with E-state index in [1.54, 1.807) is 19.9 Å². The Kier molecular flexibility index (Phi) is 4.04. The number of carboxylic acids is 1. The maximum absolute atomic E-state index is 13.0. The van der Waals surface area contributed by atoms with Crippen molar-refractivity contribution in [3.63, 3.8) is 0 Å². The zero-order valence-electron chi connectivity index (χ0n) is 9.05. The number of benzene rings is 1. The van der Waals surface area contributed by atoms with Gasteiger partial charge in [-0.15, -0.1) is 0 Å². The van der Waals surface area contributed by atoms with Crippen LogP contribution in [0.5, 0.6) is 0 Å². The van der Waals surface area contributed by atoms with Crippen LogP contribution in [0.2, 0.25) is 0 Å². The molecular formula is C11H13BrFNO2. The molecule has 0 saturated carbocycles. The SMILES string of the molecule is CC(C)(NCc1cc(F)ccc1Br)C(=O)O. The fourth-order valence-corrected chi connectivity index (χ4v) is 1.46. The molecule has 3 nitrogen and oxygen atoms in total. The lowest BCUT2D eigenvalue weighted by Crippen LogP contribution is -2.46. The highest BCUT2D eigenvalue weighted by Gasteiger charge is 2.26. The van der Waals surface area contributed by atoms with Crippen LogP contribution in [0, 0.1) is 5.82 Å². The molecular weight excluding hydrogens is 277 g/mol. The molecule has 0 aliphatic carbocycles. The predicted octanol–water partition coefficient (Wildman–Crippen LogP) is 2.54. The molecule has 0 spiro atoms. The van der Waals surface area contributed by atoms with Crippen LogP contribution < -0.4 is 5.32 Å². The van der Waals surface area contributed by atoms with Crippen molar-refractivity contribution in [3.8, 4) is 0 Å². The molecule has 0 amide bonds. The number of nitrogens with one attached hydrogen (secondary N) is 1. The number of carbonyl (C=O) groups is 1. The van der Waals surface area contributed by atoms with E-state index in [9.17, 15) is 9.18 Å². The van der Waals surface area contributed by atoms with Crippen LogP contribution >= 0.6 is 15.9 Å². The van der Waals surface area contributed by atoms with Gasteiger partial charge in [-0.3, -0.25) is 10.1 Å². The van der Waals surface area contributed by atoms with Gasteiger partial charge in [0, 0.05) is 11.0 Å². The maximum Gasteiger partial charge on any atom is 0.323 e. The monoisotopic (exact) mass is 289 g/mol. The number of rotatable bonds is 4.